The SMILES string of the molecule is Cn1c(-c2cncc(N(C(=O)O)c3ccc(Cl)cc3)n2)nc2ccccc21. The third-order valence-electron chi connectivity index (χ3n) is 4.14. The predicted molar refractivity (Wildman–Crippen MR) is 103 cm³/mol. The first-order chi connectivity index (χ1) is 13.0. The molecule has 2 heterocycles. The highest BCUT2D eigenvalue weighted by atomic mass is 35.5. The Bertz CT molecular complexity index is 1140. The van der Waals surface area contributed by atoms with Crippen LogP contribution in [0.5, 0.6) is 0 Å². The second kappa shape index (κ2) is 6.69. The number of carboxylic acid groups (broad SMARTS) is 1. The van der Waals surface area contributed by atoms with Gasteiger partial charge in [-0.2, -0.15) is 0 Å². The molecule has 0 atom stereocenters. The number of amides is 1. The summed E-state index contributed by atoms with van der Waals surface area (Å²) in [5.41, 5.74) is 2.68. The molecule has 0 spiro atoms. The minimum Gasteiger partial charge on any atom is -0.464 e. The van der Waals surface area contributed by atoms with Gasteiger partial charge in [0.05, 0.1) is 29.1 Å². The molecule has 134 valence electrons. The van der Waals surface area contributed by atoms with Crippen molar-refractivity contribution >= 4 is 40.2 Å². The Balaban J connectivity index is 1.82. The summed E-state index contributed by atoms with van der Waals surface area (Å²) in [6.45, 7) is 0. The first kappa shape index (κ1) is 17.0. The van der Waals surface area contributed by atoms with E-state index >= 15 is 0 Å². The molecule has 2 aromatic heterocycles. The van der Waals surface area contributed by atoms with Crippen molar-refractivity contribution in [3.05, 3.63) is 65.9 Å². The van der Waals surface area contributed by atoms with Crippen molar-refractivity contribution in [2.45, 2.75) is 0 Å². The third-order valence-corrected chi connectivity index (χ3v) is 4.40. The van der Waals surface area contributed by atoms with Crippen molar-refractivity contribution < 1.29 is 9.90 Å². The number of aromatic nitrogens is 4. The summed E-state index contributed by atoms with van der Waals surface area (Å²) in [6.07, 6.45) is 1.79. The zero-order valence-electron chi connectivity index (χ0n) is 14.2. The molecule has 0 bridgehead atoms. The van der Waals surface area contributed by atoms with Crippen LogP contribution in [0.2, 0.25) is 5.02 Å². The van der Waals surface area contributed by atoms with Gasteiger partial charge in [-0.1, -0.05) is 23.7 Å². The van der Waals surface area contributed by atoms with E-state index in [4.69, 9.17) is 11.6 Å². The van der Waals surface area contributed by atoms with Crippen molar-refractivity contribution in [1.29, 1.82) is 0 Å². The number of nitrogens with zero attached hydrogens (tertiary/aromatic N) is 5. The summed E-state index contributed by atoms with van der Waals surface area (Å²) in [5.74, 6) is 0.779. The number of imidazole rings is 1. The van der Waals surface area contributed by atoms with Crippen LogP contribution in [0, 0.1) is 0 Å². The number of hydrogen-bond acceptors (Lipinski definition) is 4. The molecule has 1 N–H and O–H groups in total. The second-order valence-corrected chi connectivity index (χ2v) is 6.28. The van der Waals surface area contributed by atoms with Crippen LogP contribution in [-0.4, -0.2) is 30.7 Å². The number of rotatable bonds is 3. The predicted octanol–water partition coefficient (Wildman–Crippen LogP) is 4.50. The van der Waals surface area contributed by atoms with Crippen LogP contribution < -0.4 is 4.90 Å². The highest BCUT2D eigenvalue weighted by Crippen LogP contribution is 2.28. The maximum atomic E-state index is 11.8. The quantitative estimate of drug-likeness (QED) is 0.566. The number of para-hydroxylation sites is 2. The van der Waals surface area contributed by atoms with Gasteiger partial charge >= 0.3 is 6.09 Å². The van der Waals surface area contributed by atoms with E-state index in [1.165, 1.54) is 6.20 Å². The molecule has 7 nitrogen and oxygen atoms in total. The van der Waals surface area contributed by atoms with Gasteiger partial charge in [0.25, 0.3) is 0 Å². The fourth-order valence-corrected chi connectivity index (χ4v) is 3.00. The van der Waals surface area contributed by atoms with Crippen LogP contribution in [0.1, 0.15) is 0 Å². The molecule has 0 aliphatic carbocycles. The Morgan fingerprint density at radius 3 is 2.52 bits per heavy atom. The van der Waals surface area contributed by atoms with Gasteiger partial charge in [-0.3, -0.25) is 4.98 Å². The maximum absolute atomic E-state index is 11.8. The van der Waals surface area contributed by atoms with Crippen LogP contribution in [0.4, 0.5) is 16.3 Å². The zero-order chi connectivity index (χ0) is 19.0. The average molecular weight is 380 g/mol. The number of hydrogen-bond donors (Lipinski definition) is 1. The number of aryl methyl sites for hydroxylation is 1. The summed E-state index contributed by atoms with van der Waals surface area (Å²) in [7, 11) is 1.88. The Morgan fingerprint density at radius 1 is 1.07 bits per heavy atom. The summed E-state index contributed by atoms with van der Waals surface area (Å²) < 4.78 is 1.90. The van der Waals surface area contributed by atoms with E-state index in [1.807, 2.05) is 35.9 Å². The minimum absolute atomic E-state index is 0.175. The van der Waals surface area contributed by atoms with Crippen molar-refractivity contribution in [3.8, 4) is 11.5 Å². The van der Waals surface area contributed by atoms with Crippen LogP contribution in [0.3, 0.4) is 0 Å². The van der Waals surface area contributed by atoms with Crippen molar-refractivity contribution in [2.75, 3.05) is 4.90 Å². The molecule has 0 saturated carbocycles. The standard InChI is InChI=1S/C19H14ClN5O2/c1-24-16-5-3-2-4-14(16)23-18(24)15-10-21-11-17(22-15)25(19(26)27)13-8-6-12(20)7-9-13/h2-11H,1H3,(H,26,27). The number of fused-ring (bicyclic) bond motifs is 1. The van der Waals surface area contributed by atoms with Gasteiger partial charge in [0, 0.05) is 12.1 Å². The van der Waals surface area contributed by atoms with E-state index < -0.39 is 6.09 Å². The lowest BCUT2D eigenvalue weighted by molar-refractivity contribution is 0.204. The molecule has 4 rings (SSSR count). The van der Waals surface area contributed by atoms with E-state index in [0.29, 0.717) is 22.2 Å². The third kappa shape index (κ3) is 3.09. The molecule has 0 aliphatic rings. The minimum atomic E-state index is -1.17. The van der Waals surface area contributed by atoms with Gasteiger partial charge in [0.1, 0.15) is 5.69 Å². The lowest BCUT2D eigenvalue weighted by Gasteiger charge is -2.18. The van der Waals surface area contributed by atoms with Gasteiger partial charge in [0.15, 0.2) is 11.6 Å². The van der Waals surface area contributed by atoms with Gasteiger partial charge in [-0.15, -0.1) is 0 Å². The Labute approximate surface area is 159 Å². The first-order valence-corrected chi connectivity index (χ1v) is 8.45. The van der Waals surface area contributed by atoms with E-state index in [2.05, 4.69) is 15.0 Å². The van der Waals surface area contributed by atoms with Gasteiger partial charge < -0.3 is 9.67 Å². The monoisotopic (exact) mass is 379 g/mol. The molecule has 0 radical (unpaired) electrons. The molecular weight excluding hydrogens is 366 g/mol. The number of benzene rings is 2. The lowest BCUT2D eigenvalue weighted by atomic mass is 10.3. The molecule has 8 heteroatoms. The summed E-state index contributed by atoms with van der Waals surface area (Å²) in [6, 6.07) is 14.2. The molecule has 2 aromatic carbocycles. The molecule has 27 heavy (non-hydrogen) atoms. The van der Waals surface area contributed by atoms with Crippen molar-refractivity contribution in [3.63, 3.8) is 0 Å². The lowest BCUT2D eigenvalue weighted by Crippen LogP contribution is -2.25. The molecular formula is C19H14ClN5O2. The Kier molecular flexibility index (Phi) is 4.21. The number of carbonyl (C=O) groups is 1. The molecule has 0 saturated heterocycles. The van der Waals surface area contributed by atoms with E-state index in [1.54, 1.807) is 30.5 Å². The molecule has 0 aliphatic heterocycles. The summed E-state index contributed by atoms with van der Waals surface area (Å²) in [4.78, 5) is 26.1. The molecule has 0 fully saturated rings. The zero-order valence-corrected chi connectivity index (χ0v) is 15.0. The van der Waals surface area contributed by atoms with Gasteiger partial charge in [0.2, 0.25) is 0 Å². The van der Waals surface area contributed by atoms with Crippen LogP contribution in [0.15, 0.2) is 60.9 Å². The fourth-order valence-electron chi connectivity index (χ4n) is 2.88. The fraction of sp³-hybridized carbons (Fsp3) is 0.0526. The highest BCUT2D eigenvalue weighted by molar-refractivity contribution is 6.30. The van der Waals surface area contributed by atoms with E-state index in [-0.39, 0.29) is 5.82 Å². The van der Waals surface area contributed by atoms with Crippen molar-refractivity contribution in [2.24, 2.45) is 7.05 Å². The first-order valence-electron chi connectivity index (χ1n) is 8.07. The Morgan fingerprint density at radius 2 is 1.81 bits per heavy atom. The summed E-state index contributed by atoms with van der Waals surface area (Å²) in [5, 5.41) is 10.2. The summed E-state index contributed by atoms with van der Waals surface area (Å²) >= 11 is 5.90. The highest BCUT2D eigenvalue weighted by Gasteiger charge is 2.20. The smallest absolute Gasteiger partial charge is 0.417 e. The number of anilines is 2. The molecule has 1 amide bonds. The molecule has 0 unspecified atom stereocenters. The second-order valence-electron chi connectivity index (χ2n) is 5.84. The van der Waals surface area contributed by atoms with Gasteiger partial charge in [-0.05, 0) is 36.4 Å². The van der Waals surface area contributed by atoms with Crippen LogP contribution in [0.25, 0.3) is 22.6 Å². The average Bonchev–Trinajstić information content (AvgIpc) is 3.01. The van der Waals surface area contributed by atoms with E-state index in [0.717, 1.165) is 15.9 Å². The Hall–Kier alpha value is -3.45. The van der Waals surface area contributed by atoms with Gasteiger partial charge in [-0.25, -0.2) is 19.7 Å². The van der Waals surface area contributed by atoms with Crippen LogP contribution >= 0.6 is 11.6 Å². The van der Waals surface area contributed by atoms with Crippen LogP contribution in [-0.2, 0) is 7.05 Å². The maximum Gasteiger partial charge on any atom is 0.417 e. The number of halogens is 1. The topological polar surface area (TPSA) is 84.1 Å². The van der Waals surface area contributed by atoms with Crippen molar-refractivity contribution in [1.82, 2.24) is 19.5 Å². The van der Waals surface area contributed by atoms with E-state index in [9.17, 15) is 9.90 Å². The largest absolute Gasteiger partial charge is 0.464 e. The molecule has 4 aromatic rings. The normalized spacial score (nSPS) is 10.9.